The van der Waals surface area contributed by atoms with Gasteiger partial charge >= 0.3 is 0 Å². The number of anilines is 2. The second-order valence-electron chi connectivity index (χ2n) is 5.75. The summed E-state index contributed by atoms with van der Waals surface area (Å²) in [6.07, 6.45) is 0.866. The van der Waals surface area contributed by atoms with Crippen molar-refractivity contribution in [2.45, 2.75) is 41.0 Å². The van der Waals surface area contributed by atoms with E-state index >= 15 is 0 Å². The van der Waals surface area contributed by atoms with Gasteiger partial charge in [-0.1, -0.05) is 25.1 Å². The summed E-state index contributed by atoms with van der Waals surface area (Å²) in [5.41, 5.74) is 3.45. The third kappa shape index (κ3) is 3.91. The van der Waals surface area contributed by atoms with Gasteiger partial charge < -0.3 is 10.2 Å². The molecule has 2 aromatic rings. The highest BCUT2D eigenvalue weighted by atomic mass is 16.1. The van der Waals surface area contributed by atoms with E-state index in [9.17, 15) is 4.79 Å². The smallest absolute Gasteiger partial charge is 0.274 e. The topological polar surface area (TPSA) is 58.1 Å². The van der Waals surface area contributed by atoms with E-state index in [-0.39, 0.29) is 5.91 Å². The molecule has 0 unspecified atom stereocenters. The molecule has 2 rings (SSSR count). The molecule has 0 saturated heterocycles. The Morgan fingerprint density at radius 2 is 1.83 bits per heavy atom. The van der Waals surface area contributed by atoms with Crippen LogP contribution in [0.25, 0.3) is 0 Å². The third-order valence-corrected chi connectivity index (χ3v) is 4.12. The molecule has 5 nitrogen and oxygen atoms in total. The molecule has 0 fully saturated rings. The molecule has 128 valence electrons. The maximum atomic E-state index is 12.7. The highest BCUT2D eigenvalue weighted by Gasteiger charge is 2.15. The lowest BCUT2D eigenvalue weighted by molar-refractivity contribution is 0.102. The highest BCUT2D eigenvalue weighted by molar-refractivity contribution is 6.04. The normalized spacial score (nSPS) is 10.5. The predicted molar refractivity (Wildman–Crippen MR) is 98.8 cm³/mol. The Balaban J connectivity index is 2.34. The van der Waals surface area contributed by atoms with Gasteiger partial charge in [0.05, 0.1) is 0 Å². The Labute approximate surface area is 144 Å². The van der Waals surface area contributed by atoms with Crippen LogP contribution in [0.15, 0.2) is 24.3 Å². The quantitative estimate of drug-likeness (QED) is 0.878. The lowest BCUT2D eigenvalue weighted by Crippen LogP contribution is -2.25. The summed E-state index contributed by atoms with van der Waals surface area (Å²) in [4.78, 5) is 23.6. The Bertz CT molecular complexity index is 723. The average Bonchev–Trinajstić information content (AvgIpc) is 2.57. The SMILES string of the molecule is CCc1cccc(C)c1NC(=O)c1cc(N(CC)CC)nc(C)n1. The van der Waals surface area contributed by atoms with E-state index < -0.39 is 0 Å². The van der Waals surface area contributed by atoms with Crippen LogP contribution in [0.4, 0.5) is 11.5 Å². The van der Waals surface area contributed by atoms with E-state index in [2.05, 4.69) is 41.0 Å². The number of hydrogen-bond acceptors (Lipinski definition) is 4. The van der Waals surface area contributed by atoms with Gasteiger partial charge in [-0.15, -0.1) is 0 Å². The zero-order chi connectivity index (χ0) is 17.7. The van der Waals surface area contributed by atoms with Crippen LogP contribution in [0.3, 0.4) is 0 Å². The second kappa shape index (κ2) is 7.90. The summed E-state index contributed by atoms with van der Waals surface area (Å²) in [7, 11) is 0. The Kier molecular flexibility index (Phi) is 5.90. The van der Waals surface area contributed by atoms with Gasteiger partial charge in [-0.2, -0.15) is 0 Å². The number of nitrogens with one attached hydrogen (secondary N) is 1. The minimum absolute atomic E-state index is 0.196. The summed E-state index contributed by atoms with van der Waals surface area (Å²) in [5.74, 6) is 1.20. The van der Waals surface area contributed by atoms with Gasteiger partial charge in [0.25, 0.3) is 5.91 Å². The fraction of sp³-hybridized carbons (Fsp3) is 0.421. The van der Waals surface area contributed by atoms with Crippen LogP contribution in [0.5, 0.6) is 0 Å². The zero-order valence-electron chi connectivity index (χ0n) is 15.2. The lowest BCUT2D eigenvalue weighted by Gasteiger charge is -2.20. The predicted octanol–water partition coefficient (Wildman–Crippen LogP) is 3.75. The maximum Gasteiger partial charge on any atom is 0.274 e. The summed E-state index contributed by atoms with van der Waals surface area (Å²) in [6, 6.07) is 7.81. The van der Waals surface area contributed by atoms with Crippen molar-refractivity contribution in [3.63, 3.8) is 0 Å². The maximum absolute atomic E-state index is 12.7. The van der Waals surface area contributed by atoms with Crippen molar-refractivity contribution in [3.05, 3.63) is 46.9 Å². The van der Waals surface area contributed by atoms with Crippen molar-refractivity contribution >= 4 is 17.4 Å². The van der Waals surface area contributed by atoms with Gasteiger partial charge in [0.15, 0.2) is 0 Å². The number of aromatic nitrogens is 2. The number of carbonyl (C=O) groups excluding carboxylic acids is 1. The molecule has 1 aromatic heterocycles. The number of benzene rings is 1. The van der Waals surface area contributed by atoms with Gasteiger partial charge in [-0.25, -0.2) is 9.97 Å². The first-order chi connectivity index (χ1) is 11.5. The minimum Gasteiger partial charge on any atom is -0.357 e. The van der Waals surface area contributed by atoms with Crippen LogP contribution >= 0.6 is 0 Å². The van der Waals surface area contributed by atoms with E-state index in [0.717, 1.165) is 42.1 Å². The number of nitrogens with zero attached hydrogens (tertiary/aromatic N) is 3. The fourth-order valence-electron chi connectivity index (χ4n) is 2.76. The van der Waals surface area contributed by atoms with E-state index in [0.29, 0.717) is 11.5 Å². The van der Waals surface area contributed by atoms with Gasteiger partial charge in [-0.05, 0) is 45.2 Å². The summed E-state index contributed by atoms with van der Waals surface area (Å²) < 4.78 is 0. The second-order valence-corrected chi connectivity index (χ2v) is 5.75. The summed E-state index contributed by atoms with van der Waals surface area (Å²) >= 11 is 0. The fourth-order valence-corrected chi connectivity index (χ4v) is 2.76. The standard InChI is InChI=1S/C19H26N4O/c1-6-15-11-9-10-13(4)18(15)22-19(24)16-12-17(21-14(5)20-16)23(7-2)8-3/h9-12H,6-8H2,1-5H3,(H,22,24). The van der Waals surface area contributed by atoms with Crippen molar-refractivity contribution < 1.29 is 4.79 Å². The Morgan fingerprint density at radius 3 is 2.46 bits per heavy atom. The molecular weight excluding hydrogens is 300 g/mol. The van der Waals surface area contributed by atoms with E-state index in [1.165, 1.54) is 0 Å². The molecular formula is C19H26N4O. The molecule has 0 atom stereocenters. The molecule has 0 bridgehead atoms. The van der Waals surface area contributed by atoms with Crippen LogP contribution in [0.1, 0.15) is 48.2 Å². The van der Waals surface area contributed by atoms with Crippen molar-refractivity contribution in [2.75, 3.05) is 23.3 Å². The summed E-state index contributed by atoms with van der Waals surface area (Å²) in [5, 5.41) is 3.03. The van der Waals surface area contributed by atoms with Crippen molar-refractivity contribution in [1.82, 2.24) is 9.97 Å². The minimum atomic E-state index is -0.196. The van der Waals surface area contributed by atoms with Crippen LogP contribution < -0.4 is 10.2 Å². The molecule has 0 aliphatic carbocycles. The van der Waals surface area contributed by atoms with Crippen molar-refractivity contribution in [2.24, 2.45) is 0 Å². The lowest BCUT2D eigenvalue weighted by atomic mass is 10.1. The molecule has 0 radical (unpaired) electrons. The van der Waals surface area contributed by atoms with Crippen LogP contribution in [0, 0.1) is 13.8 Å². The van der Waals surface area contributed by atoms with Crippen molar-refractivity contribution in [3.8, 4) is 0 Å². The molecule has 5 heteroatoms. The van der Waals surface area contributed by atoms with Gasteiger partial charge in [0.2, 0.25) is 0 Å². The van der Waals surface area contributed by atoms with Crippen LogP contribution in [-0.4, -0.2) is 29.0 Å². The van der Waals surface area contributed by atoms with E-state index in [1.807, 2.05) is 32.0 Å². The molecule has 1 N–H and O–H groups in total. The van der Waals surface area contributed by atoms with Gasteiger partial charge in [0.1, 0.15) is 17.3 Å². The van der Waals surface area contributed by atoms with Crippen molar-refractivity contribution in [1.29, 1.82) is 0 Å². The number of amides is 1. The molecule has 0 saturated carbocycles. The molecule has 1 aromatic carbocycles. The number of aryl methyl sites for hydroxylation is 3. The first kappa shape index (κ1) is 17.9. The van der Waals surface area contributed by atoms with E-state index in [4.69, 9.17) is 0 Å². The molecule has 24 heavy (non-hydrogen) atoms. The highest BCUT2D eigenvalue weighted by Crippen LogP contribution is 2.22. The zero-order valence-corrected chi connectivity index (χ0v) is 15.2. The average molecular weight is 326 g/mol. The monoisotopic (exact) mass is 326 g/mol. The van der Waals surface area contributed by atoms with Crippen LogP contribution in [0.2, 0.25) is 0 Å². The molecule has 0 aliphatic rings. The van der Waals surface area contributed by atoms with Gasteiger partial charge in [-0.3, -0.25) is 4.79 Å². The third-order valence-electron chi connectivity index (χ3n) is 4.12. The molecule has 0 spiro atoms. The largest absolute Gasteiger partial charge is 0.357 e. The van der Waals surface area contributed by atoms with E-state index in [1.54, 1.807) is 6.07 Å². The van der Waals surface area contributed by atoms with Gasteiger partial charge in [0, 0.05) is 24.8 Å². The molecule has 1 amide bonds. The Morgan fingerprint density at radius 1 is 1.12 bits per heavy atom. The first-order valence-corrected chi connectivity index (χ1v) is 8.50. The number of carbonyl (C=O) groups is 1. The first-order valence-electron chi connectivity index (χ1n) is 8.50. The molecule has 0 aliphatic heterocycles. The van der Waals surface area contributed by atoms with Crippen LogP contribution in [-0.2, 0) is 6.42 Å². The number of rotatable bonds is 6. The number of para-hydroxylation sites is 1. The summed E-state index contributed by atoms with van der Waals surface area (Å²) in [6.45, 7) is 11.7. The molecule has 1 heterocycles. The number of hydrogen-bond donors (Lipinski definition) is 1. The Hall–Kier alpha value is -2.43.